The fraction of sp³-hybridized carbons (Fsp3) is 0.471. The summed E-state index contributed by atoms with van der Waals surface area (Å²) in [5.41, 5.74) is 7.07. The molecule has 1 aromatic carbocycles. The van der Waals surface area contributed by atoms with Crippen LogP contribution < -0.4 is 5.73 Å². The van der Waals surface area contributed by atoms with Gasteiger partial charge in [-0.2, -0.15) is 0 Å². The Kier molecular flexibility index (Phi) is 4.81. The lowest BCUT2D eigenvalue weighted by Crippen LogP contribution is -2.48. The van der Waals surface area contributed by atoms with Gasteiger partial charge in [0.05, 0.1) is 12.7 Å². The van der Waals surface area contributed by atoms with E-state index in [1.807, 2.05) is 24.3 Å². The number of halogens is 1. The van der Waals surface area contributed by atoms with Crippen molar-refractivity contribution < 1.29 is 4.42 Å². The minimum absolute atomic E-state index is 0.169. The number of oxazole rings is 1. The summed E-state index contributed by atoms with van der Waals surface area (Å²) in [6.45, 7) is 3.85. The molecule has 0 spiro atoms. The first-order valence-corrected chi connectivity index (χ1v) is 8.21. The van der Waals surface area contributed by atoms with Gasteiger partial charge in [-0.25, -0.2) is 4.98 Å². The third-order valence-electron chi connectivity index (χ3n) is 4.27. The van der Waals surface area contributed by atoms with E-state index in [9.17, 15) is 0 Å². The van der Waals surface area contributed by atoms with Crippen molar-refractivity contribution in [3.8, 4) is 11.3 Å². The van der Waals surface area contributed by atoms with Crippen LogP contribution in [-0.2, 0) is 6.54 Å². The smallest absolute Gasteiger partial charge is 0.209 e. The zero-order valence-corrected chi connectivity index (χ0v) is 13.6. The van der Waals surface area contributed by atoms with Crippen LogP contribution in [0.5, 0.6) is 0 Å². The molecule has 1 aliphatic heterocycles. The summed E-state index contributed by atoms with van der Waals surface area (Å²) in [6, 6.07) is 8.21. The maximum atomic E-state index is 6.12. The molecule has 0 radical (unpaired) electrons. The van der Waals surface area contributed by atoms with Gasteiger partial charge in [0.2, 0.25) is 5.89 Å². The number of hydrogen-bond acceptors (Lipinski definition) is 4. The van der Waals surface area contributed by atoms with Gasteiger partial charge < -0.3 is 10.2 Å². The lowest BCUT2D eigenvalue weighted by Gasteiger charge is -2.37. The van der Waals surface area contributed by atoms with Gasteiger partial charge in [0.1, 0.15) is 0 Å². The Morgan fingerprint density at radius 1 is 1.45 bits per heavy atom. The Morgan fingerprint density at radius 3 is 3.09 bits per heavy atom. The van der Waals surface area contributed by atoms with Crippen molar-refractivity contribution in [2.24, 2.45) is 5.73 Å². The summed E-state index contributed by atoms with van der Waals surface area (Å²) in [5, 5.41) is 0.698. The van der Waals surface area contributed by atoms with Crippen molar-refractivity contribution >= 4 is 11.6 Å². The molecule has 0 saturated carbocycles. The van der Waals surface area contributed by atoms with Crippen molar-refractivity contribution in [2.45, 2.75) is 44.8 Å². The maximum Gasteiger partial charge on any atom is 0.209 e. The predicted octanol–water partition coefficient (Wildman–Crippen LogP) is 3.70. The highest BCUT2D eigenvalue weighted by Gasteiger charge is 2.26. The number of nitrogens with two attached hydrogens (primary N) is 1. The Morgan fingerprint density at radius 2 is 2.32 bits per heavy atom. The Balaban J connectivity index is 1.73. The molecule has 0 bridgehead atoms. The van der Waals surface area contributed by atoms with E-state index in [1.54, 1.807) is 6.20 Å². The fourth-order valence-electron chi connectivity index (χ4n) is 3.14. The van der Waals surface area contributed by atoms with E-state index in [-0.39, 0.29) is 6.04 Å². The lowest BCUT2D eigenvalue weighted by molar-refractivity contribution is 0.112. The summed E-state index contributed by atoms with van der Waals surface area (Å²) in [7, 11) is 0. The van der Waals surface area contributed by atoms with Gasteiger partial charge in [0.15, 0.2) is 5.76 Å². The zero-order chi connectivity index (χ0) is 15.5. The Labute approximate surface area is 136 Å². The number of aromatic nitrogens is 1. The molecule has 5 heteroatoms. The highest BCUT2D eigenvalue weighted by molar-refractivity contribution is 6.30. The van der Waals surface area contributed by atoms with Gasteiger partial charge in [-0.1, -0.05) is 30.2 Å². The second-order valence-corrected chi connectivity index (χ2v) is 6.46. The highest BCUT2D eigenvalue weighted by atomic mass is 35.5. The molecule has 22 heavy (non-hydrogen) atoms. The van der Waals surface area contributed by atoms with Crippen LogP contribution in [-0.4, -0.2) is 28.5 Å². The lowest BCUT2D eigenvalue weighted by atomic mass is 9.97. The first-order chi connectivity index (χ1) is 10.6. The van der Waals surface area contributed by atoms with Crippen LogP contribution in [0, 0.1) is 0 Å². The minimum atomic E-state index is 0.169. The van der Waals surface area contributed by atoms with Crippen LogP contribution in [0.4, 0.5) is 0 Å². The van der Waals surface area contributed by atoms with Crippen LogP contribution in [0.2, 0.25) is 5.02 Å². The first kappa shape index (κ1) is 15.5. The van der Waals surface area contributed by atoms with Gasteiger partial charge in [0, 0.05) is 22.7 Å². The molecule has 2 heterocycles. The molecule has 1 aromatic heterocycles. The van der Waals surface area contributed by atoms with Crippen molar-refractivity contribution in [1.82, 2.24) is 9.88 Å². The molecule has 2 aromatic rings. The van der Waals surface area contributed by atoms with E-state index in [0.29, 0.717) is 17.6 Å². The molecule has 1 saturated heterocycles. The third kappa shape index (κ3) is 3.51. The van der Waals surface area contributed by atoms with Crippen molar-refractivity contribution in [1.29, 1.82) is 0 Å². The molecule has 1 aliphatic rings. The van der Waals surface area contributed by atoms with Gasteiger partial charge in [-0.15, -0.1) is 0 Å². The molecule has 4 nitrogen and oxygen atoms in total. The van der Waals surface area contributed by atoms with Crippen LogP contribution in [0.25, 0.3) is 11.3 Å². The number of rotatable bonds is 4. The monoisotopic (exact) mass is 319 g/mol. The number of hydrogen-bond donors (Lipinski definition) is 1. The molecule has 2 atom stereocenters. The van der Waals surface area contributed by atoms with Crippen molar-refractivity contribution in [3.05, 3.63) is 41.4 Å². The molecule has 0 amide bonds. The molecule has 118 valence electrons. The van der Waals surface area contributed by atoms with Crippen molar-refractivity contribution in [2.75, 3.05) is 6.54 Å². The van der Waals surface area contributed by atoms with E-state index in [4.69, 9.17) is 21.8 Å². The highest BCUT2D eigenvalue weighted by Crippen LogP contribution is 2.25. The number of likely N-dealkylation sites (tertiary alicyclic amines) is 1. The largest absolute Gasteiger partial charge is 0.439 e. The summed E-state index contributed by atoms with van der Waals surface area (Å²) in [5.74, 6) is 1.49. The predicted molar refractivity (Wildman–Crippen MR) is 88.6 cm³/mol. The van der Waals surface area contributed by atoms with E-state index in [0.717, 1.165) is 30.2 Å². The summed E-state index contributed by atoms with van der Waals surface area (Å²) >= 11 is 6.03. The average molecular weight is 320 g/mol. The zero-order valence-electron chi connectivity index (χ0n) is 12.8. The quantitative estimate of drug-likeness (QED) is 0.933. The SMILES string of the molecule is CC(N)C1CCCCN1Cc1ncc(-c2cccc(Cl)c2)o1. The summed E-state index contributed by atoms with van der Waals surface area (Å²) in [4.78, 5) is 6.81. The number of benzene rings is 1. The second kappa shape index (κ2) is 6.82. The number of nitrogens with zero attached hydrogens (tertiary/aromatic N) is 2. The maximum absolute atomic E-state index is 6.12. The normalized spacial score (nSPS) is 21.0. The standard InChI is InChI=1S/C17H22ClN3O/c1-12(19)15-7-2-3-8-21(15)11-17-20-10-16(22-17)13-5-4-6-14(18)9-13/h4-6,9-10,12,15H,2-3,7-8,11,19H2,1H3. The molecule has 2 unspecified atom stereocenters. The van der Waals surface area contributed by atoms with E-state index < -0.39 is 0 Å². The summed E-state index contributed by atoms with van der Waals surface area (Å²) in [6.07, 6.45) is 5.39. The Hall–Kier alpha value is -1.36. The fourth-order valence-corrected chi connectivity index (χ4v) is 3.33. The molecular weight excluding hydrogens is 298 g/mol. The molecule has 3 rings (SSSR count). The van der Waals surface area contributed by atoms with Crippen LogP contribution in [0.1, 0.15) is 32.1 Å². The molecule has 1 fully saturated rings. The molecular formula is C17H22ClN3O. The van der Waals surface area contributed by atoms with Gasteiger partial charge in [-0.05, 0) is 38.4 Å². The van der Waals surface area contributed by atoms with Gasteiger partial charge in [-0.3, -0.25) is 4.90 Å². The number of piperidine rings is 1. The van der Waals surface area contributed by atoms with E-state index >= 15 is 0 Å². The topological polar surface area (TPSA) is 55.3 Å². The Bertz CT molecular complexity index is 626. The van der Waals surface area contributed by atoms with Gasteiger partial charge in [0.25, 0.3) is 0 Å². The summed E-state index contributed by atoms with van der Waals surface area (Å²) < 4.78 is 5.90. The van der Waals surface area contributed by atoms with Crippen LogP contribution in [0.3, 0.4) is 0 Å². The molecule has 2 N–H and O–H groups in total. The van der Waals surface area contributed by atoms with Crippen molar-refractivity contribution in [3.63, 3.8) is 0 Å². The third-order valence-corrected chi connectivity index (χ3v) is 4.51. The molecule has 0 aliphatic carbocycles. The second-order valence-electron chi connectivity index (χ2n) is 6.02. The van der Waals surface area contributed by atoms with Gasteiger partial charge >= 0.3 is 0 Å². The van der Waals surface area contributed by atoms with E-state index in [1.165, 1.54) is 12.8 Å². The van der Waals surface area contributed by atoms with E-state index in [2.05, 4.69) is 16.8 Å². The minimum Gasteiger partial charge on any atom is -0.439 e. The van der Waals surface area contributed by atoms with Crippen LogP contribution >= 0.6 is 11.6 Å². The first-order valence-electron chi connectivity index (χ1n) is 7.84. The van der Waals surface area contributed by atoms with Crippen LogP contribution in [0.15, 0.2) is 34.9 Å². The average Bonchev–Trinajstić information content (AvgIpc) is 2.96.